The summed E-state index contributed by atoms with van der Waals surface area (Å²) in [5.41, 5.74) is 0. The molecular weight excluding hydrogens is 184 g/mol. The molecule has 5 heteroatoms. The number of carbonyl (C=O) groups excluding carboxylic acids is 1. The molecule has 0 aliphatic carbocycles. The highest BCUT2D eigenvalue weighted by Gasteiger charge is 2.28. The number of aliphatic hydroxyl groups excluding tert-OH is 2. The van der Waals surface area contributed by atoms with Gasteiger partial charge in [-0.15, -0.1) is 0 Å². The second-order valence-corrected chi connectivity index (χ2v) is 3.60. The number of carbonyl (C=O) groups is 1. The highest BCUT2D eigenvalue weighted by Crippen LogP contribution is 2.11. The molecule has 5 nitrogen and oxygen atoms in total. The molecule has 1 rings (SSSR count). The molecule has 1 heterocycles. The lowest BCUT2D eigenvalue weighted by atomic mass is 10.0. The fraction of sp³-hybridized carbons (Fsp3) is 0.889. The Hall–Kier alpha value is -0.650. The van der Waals surface area contributed by atoms with Crippen LogP contribution in [0.5, 0.6) is 0 Å². The maximum atomic E-state index is 11.7. The van der Waals surface area contributed by atoms with Gasteiger partial charge in [0.15, 0.2) is 0 Å². The first kappa shape index (κ1) is 11.4. The minimum absolute atomic E-state index is 0.0197. The summed E-state index contributed by atoms with van der Waals surface area (Å²) >= 11 is 0. The Bertz CT molecular complexity index is 198. The van der Waals surface area contributed by atoms with Crippen LogP contribution in [-0.4, -0.2) is 59.9 Å². The molecule has 0 aromatic carbocycles. The molecule has 0 saturated carbocycles. The molecule has 1 aliphatic heterocycles. The van der Waals surface area contributed by atoms with E-state index in [1.54, 1.807) is 11.9 Å². The lowest BCUT2D eigenvalue weighted by Crippen LogP contribution is -2.52. The van der Waals surface area contributed by atoms with Crippen molar-refractivity contribution in [1.29, 1.82) is 0 Å². The van der Waals surface area contributed by atoms with Crippen molar-refractivity contribution in [3.63, 3.8) is 0 Å². The quantitative estimate of drug-likeness (QED) is 0.521. The average Bonchev–Trinajstić information content (AvgIpc) is 2.21. The third kappa shape index (κ3) is 2.67. The summed E-state index contributed by atoms with van der Waals surface area (Å²) in [6, 6.07) is -0.130. The van der Waals surface area contributed by atoms with Gasteiger partial charge >= 0.3 is 0 Å². The van der Waals surface area contributed by atoms with Crippen LogP contribution in [0.2, 0.25) is 0 Å². The van der Waals surface area contributed by atoms with E-state index in [9.17, 15) is 9.90 Å². The number of nitrogens with zero attached hydrogens (tertiary/aromatic N) is 1. The van der Waals surface area contributed by atoms with Gasteiger partial charge in [0, 0.05) is 13.1 Å². The van der Waals surface area contributed by atoms with E-state index in [1.165, 1.54) is 0 Å². The van der Waals surface area contributed by atoms with Crippen molar-refractivity contribution >= 4 is 5.91 Å². The third-order valence-corrected chi connectivity index (χ3v) is 2.52. The van der Waals surface area contributed by atoms with Crippen LogP contribution in [0, 0.1) is 0 Å². The van der Waals surface area contributed by atoms with Gasteiger partial charge in [0.05, 0.1) is 18.8 Å². The maximum Gasteiger partial charge on any atom is 0.239 e. The van der Waals surface area contributed by atoms with Crippen LogP contribution in [-0.2, 0) is 4.79 Å². The molecule has 2 atom stereocenters. The predicted octanol–water partition coefficient (Wildman–Crippen LogP) is -1.45. The van der Waals surface area contributed by atoms with Gasteiger partial charge in [-0.05, 0) is 19.9 Å². The van der Waals surface area contributed by atoms with E-state index in [1.807, 2.05) is 0 Å². The number of piperidine rings is 1. The summed E-state index contributed by atoms with van der Waals surface area (Å²) in [6.07, 6.45) is 0.964. The highest BCUT2D eigenvalue weighted by atomic mass is 16.3. The lowest BCUT2D eigenvalue weighted by Gasteiger charge is -2.33. The fourth-order valence-electron chi connectivity index (χ4n) is 1.70. The summed E-state index contributed by atoms with van der Waals surface area (Å²) in [7, 11) is 1.76. The Morgan fingerprint density at radius 2 is 2.43 bits per heavy atom. The summed E-state index contributed by atoms with van der Waals surface area (Å²) in [4.78, 5) is 13.3. The molecule has 0 radical (unpaired) electrons. The number of amides is 1. The number of rotatable bonds is 4. The van der Waals surface area contributed by atoms with Gasteiger partial charge < -0.3 is 20.4 Å². The molecule has 82 valence electrons. The number of β-amino-alcohol motifs (C(OH)–C–C–N with tert-alkyl or cyclic N) is 1. The third-order valence-electron chi connectivity index (χ3n) is 2.52. The first-order valence-corrected chi connectivity index (χ1v) is 4.94. The van der Waals surface area contributed by atoms with Crippen LogP contribution in [0.3, 0.4) is 0 Å². The molecule has 0 spiro atoms. The van der Waals surface area contributed by atoms with Crippen LogP contribution < -0.4 is 5.32 Å². The van der Waals surface area contributed by atoms with Crippen LogP contribution >= 0.6 is 0 Å². The Morgan fingerprint density at radius 1 is 1.71 bits per heavy atom. The number of likely N-dealkylation sites (tertiary alicyclic amines) is 1. The lowest BCUT2D eigenvalue weighted by molar-refractivity contribution is -0.137. The topological polar surface area (TPSA) is 72.8 Å². The van der Waals surface area contributed by atoms with E-state index in [0.29, 0.717) is 6.54 Å². The number of hydrogen-bond acceptors (Lipinski definition) is 4. The summed E-state index contributed by atoms with van der Waals surface area (Å²) in [5.74, 6) is 0.0197. The molecule has 1 aliphatic rings. The standard InChI is InChI=1S/C9H18N2O3/c1-10-8-3-2-4-11(9(8)14)5-7(13)6-12/h7-8,10,12-13H,2-6H2,1H3. The van der Waals surface area contributed by atoms with Gasteiger partial charge in [0.1, 0.15) is 0 Å². The number of likely N-dealkylation sites (N-methyl/N-ethyl adjacent to an activating group) is 1. The highest BCUT2D eigenvalue weighted by molar-refractivity contribution is 5.82. The van der Waals surface area contributed by atoms with E-state index < -0.39 is 6.10 Å². The summed E-state index contributed by atoms with van der Waals surface area (Å²) in [6.45, 7) is 0.607. The van der Waals surface area contributed by atoms with Gasteiger partial charge in [-0.2, -0.15) is 0 Å². The molecule has 1 fully saturated rings. The van der Waals surface area contributed by atoms with Crippen molar-refractivity contribution in [2.24, 2.45) is 0 Å². The first-order chi connectivity index (χ1) is 6.69. The van der Waals surface area contributed by atoms with Crippen LogP contribution in [0.25, 0.3) is 0 Å². The van der Waals surface area contributed by atoms with Crippen molar-refractivity contribution in [3.05, 3.63) is 0 Å². The summed E-state index contributed by atoms with van der Waals surface area (Å²) < 4.78 is 0. The normalized spacial score (nSPS) is 25.2. The van der Waals surface area contributed by atoms with Crippen molar-refractivity contribution in [1.82, 2.24) is 10.2 Å². The number of nitrogens with one attached hydrogen (secondary N) is 1. The zero-order valence-electron chi connectivity index (χ0n) is 8.44. The van der Waals surface area contributed by atoms with Crippen LogP contribution in [0.4, 0.5) is 0 Å². The molecule has 2 unspecified atom stereocenters. The van der Waals surface area contributed by atoms with Crippen molar-refractivity contribution < 1.29 is 15.0 Å². The SMILES string of the molecule is CNC1CCCN(CC(O)CO)C1=O. The Kier molecular flexibility index (Phi) is 4.31. The second-order valence-electron chi connectivity index (χ2n) is 3.60. The minimum Gasteiger partial charge on any atom is -0.394 e. The smallest absolute Gasteiger partial charge is 0.239 e. The van der Waals surface area contributed by atoms with E-state index in [-0.39, 0.29) is 25.1 Å². The fourth-order valence-corrected chi connectivity index (χ4v) is 1.70. The zero-order valence-corrected chi connectivity index (χ0v) is 8.44. The first-order valence-electron chi connectivity index (χ1n) is 4.94. The minimum atomic E-state index is -0.824. The molecule has 0 aromatic rings. The molecule has 14 heavy (non-hydrogen) atoms. The van der Waals surface area contributed by atoms with E-state index in [4.69, 9.17) is 5.11 Å². The largest absolute Gasteiger partial charge is 0.394 e. The number of hydrogen-bond donors (Lipinski definition) is 3. The van der Waals surface area contributed by atoms with Gasteiger partial charge in [-0.1, -0.05) is 0 Å². The van der Waals surface area contributed by atoms with Crippen LogP contribution in [0.15, 0.2) is 0 Å². The van der Waals surface area contributed by atoms with Gasteiger partial charge in [-0.25, -0.2) is 0 Å². The average molecular weight is 202 g/mol. The monoisotopic (exact) mass is 202 g/mol. The van der Waals surface area contributed by atoms with Crippen molar-refractivity contribution in [3.8, 4) is 0 Å². The Balaban J connectivity index is 2.47. The summed E-state index contributed by atoms with van der Waals surface area (Å²) in [5, 5.41) is 20.8. The van der Waals surface area contributed by atoms with Gasteiger partial charge in [0.25, 0.3) is 0 Å². The van der Waals surface area contributed by atoms with Crippen LogP contribution in [0.1, 0.15) is 12.8 Å². The second kappa shape index (κ2) is 5.29. The molecule has 0 bridgehead atoms. The molecule has 0 aromatic heterocycles. The number of aliphatic hydroxyl groups is 2. The molecule has 1 amide bonds. The van der Waals surface area contributed by atoms with E-state index in [0.717, 1.165) is 12.8 Å². The van der Waals surface area contributed by atoms with Gasteiger partial charge in [0.2, 0.25) is 5.91 Å². The Morgan fingerprint density at radius 3 is 3.00 bits per heavy atom. The predicted molar refractivity (Wildman–Crippen MR) is 51.8 cm³/mol. The van der Waals surface area contributed by atoms with Gasteiger partial charge in [-0.3, -0.25) is 4.79 Å². The zero-order chi connectivity index (χ0) is 10.6. The van der Waals surface area contributed by atoms with E-state index >= 15 is 0 Å². The van der Waals surface area contributed by atoms with E-state index in [2.05, 4.69) is 5.32 Å². The van der Waals surface area contributed by atoms with Crippen molar-refractivity contribution in [2.45, 2.75) is 25.0 Å². The Labute approximate surface area is 83.7 Å². The molecule has 3 N–H and O–H groups in total. The van der Waals surface area contributed by atoms with Crippen molar-refractivity contribution in [2.75, 3.05) is 26.7 Å². The maximum absolute atomic E-state index is 11.7. The molecule has 1 saturated heterocycles. The molecular formula is C9H18N2O3.